The molecule has 4 rings (SSSR count). The summed E-state index contributed by atoms with van der Waals surface area (Å²) in [7, 11) is 1.59. The van der Waals surface area contributed by atoms with Crippen LogP contribution in [0.5, 0.6) is 5.75 Å². The van der Waals surface area contributed by atoms with Crippen LogP contribution in [-0.4, -0.2) is 53.2 Å². The van der Waals surface area contributed by atoms with E-state index < -0.39 is 23.5 Å². The van der Waals surface area contributed by atoms with Crippen LogP contribution in [0.25, 0.3) is 0 Å². The van der Waals surface area contributed by atoms with Gasteiger partial charge in [0, 0.05) is 42.4 Å². The van der Waals surface area contributed by atoms with E-state index in [0.717, 1.165) is 24.0 Å². The first kappa shape index (κ1) is 30.7. The van der Waals surface area contributed by atoms with Crippen LogP contribution in [0.1, 0.15) is 82.9 Å². The Balaban J connectivity index is 1.55. The molecule has 2 heterocycles. The topological polar surface area (TPSA) is 115 Å². The highest BCUT2D eigenvalue weighted by molar-refractivity contribution is 5.95. The minimum absolute atomic E-state index is 0.0411. The molecular weight excluding hydrogens is 516 g/mol. The molecule has 2 aliphatic rings. The number of para-hydroxylation sites is 1. The Bertz CT molecular complexity index is 1190. The number of Topliss-reactive ketones (excluding diaryl/α,β-unsaturated/α-hetero) is 1. The third-order valence-electron chi connectivity index (χ3n) is 8.77. The fraction of sp³-hybridized carbons (Fsp3) is 0.576. The number of rotatable bonds is 10. The number of likely N-dealkylation sites (tertiary alicyclic amines) is 1. The summed E-state index contributed by atoms with van der Waals surface area (Å²) in [5.74, 6) is 0.954. The molecule has 1 unspecified atom stereocenters. The number of carbonyl (C=O) groups excluding carboxylic acids is 3. The molecule has 1 aliphatic heterocycles. The number of aromatic nitrogens is 1. The smallest absolute Gasteiger partial charge is 0.243 e. The molecule has 0 radical (unpaired) electrons. The van der Waals surface area contributed by atoms with Crippen molar-refractivity contribution in [3.8, 4) is 5.75 Å². The van der Waals surface area contributed by atoms with Crippen molar-refractivity contribution < 1.29 is 19.1 Å². The maximum atomic E-state index is 14.0. The van der Waals surface area contributed by atoms with Crippen molar-refractivity contribution in [2.45, 2.75) is 90.3 Å². The number of amides is 2. The van der Waals surface area contributed by atoms with E-state index in [1.807, 2.05) is 57.2 Å². The minimum atomic E-state index is -0.702. The van der Waals surface area contributed by atoms with Gasteiger partial charge in [-0.15, -0.1) is 0 Å². The highest BCUT2D eigenvalue weighted by atomic mass is 16.5. The Kier molecular flexibility index (Phi) is 10.2. The lowest BCUT2D eigenvalue weighted by atomic mass is 9.79. The van der Waals surface area contributed by atoms with Gasteiger partial charge in [-0.1, -0.05) is 71.1 Å². The number of hydrogen-bond acceptors (Lipinski definition) is 6. The standard InChI is InChI=1S/C33H46N4O4/c1-33(2,3)31(39)27(18-22-14-16-35-17-15-22)36-32(40)28-19-24(23-10-6-5-7-11-23)21-37(28)30(38)20-26(34)25-12-8-9-13-29(25)41-4/h8-9,12-17,23-24,26-28H,5-7,10-11,18-21,34H2,1-4H3,(H,36,40)/t24?,26-,27-,28-/m0/s1. The highest BCUT2D eigenvalue weighted by Crippen LogP contribution is 2.38. The van der Waals surface area contributed by atoms with E-state index in [2.05, 4.69) is 10.3 Å². The van der Waals surface area contributed by atoms with Gasteiger partial charge in [0.25, 0.3) is 0 Å². The normalized spacial score (nSPS) is 21.2. The number of nitrogens with one attached hydrogen (secondary N) is 1. The van der Waals surface area contributed by atoms with Crippen LogP contribution in [0.4, 0.5) is 0 Å². The zero-order valence-corrected chi connectivity index (χ0v) is 25.0. The Labute approximate surface area is 244 Å². The second-order valence-corrected chi connectivity index (χ2v) is 12.7. The second-order valence-electron chi connectivity index (χ2n) is 12.7. The van der Waals surface area contributed by atoms with Crippen LogP contribution in [0.2, 0.25) is 0 Å². The number of pyridine rings is 1. The molecule has 8 heteroatoms. The largest absolute Gasteiger partial charge is 0.496 e. The number of hydrogen-bond donors (Lipinski definition) is 2. The fourth-order valence-corrected chi connectivity index (χ4v) is 6.48. The molecular formula is C33H46N4O4. The number of benzene rings is 1. The molecule has 0 spiro atoms. The molecule has 1 aromatic heterocycles. The molecule has 8 nitrogen and oxygen atoms in total. The molecule has 2 amide bonds. The summed E-state index contributed by atoms with van der Waals surface area (Å²) in [5, 5.41) is 3.07. The molecule has 1 saturated heterocycles. The zero-order chi connectivity index (χ0) is 29.6. The first-order valence-electron chi connectivity index (χ1n) is 15.0. The average Bonchev–Trinajstić information content (AvgIpc) is 3.43. The summed E-state index contributed by atoms with van der Waals surface area (Å²) < 4.78 is 5.47. The predicted octanol–water partition coefficient (Wildman–Crippen LogP) is 4.62. The van der Waals surface area contributed by atoms with Crippen LogP contribution < -0.4 is 15.8 Å². The lowest BCUT2D eigenvalue weighted by Gasteiger charge is -2.30. The quantitative estimate of drug-likeness (QED) is 0.437. The maximum absolute atomic E-state index is 14.0. The summed E-state index contributed by atoms with van der Waals surface area (Å²) in [5.41, 5.74) is 7.56. The van der Waals surface area contributed by atoms with Gasteiger partial charge in [0.15, 0.2) is 5.78 Å². The van der Waals surface area contributed by atoms with E-state index in [-0.39, 0.29) is 29.9 Å². The van der Waals surface area contributed by atoms with E-state index >= 15 is 0 Å². The maximum Gasteiger partial charge on any atom is 0.243 e. The Morgan fingerprint density at radius 3 is 2.39 bits per heavy atom. The van der Waals surface area contributed by atoms with Crippen LogP contribution in [0, 0.1) is 17.3 Å². The number of ether oxygens (including phenoxy) is 1. The fourth-order valence-electron chi connectivity index (χ4n) is 6.48. The molecule has 2 aromatic rings. The van der Waals surface area contributed by atoms with E-state index in [4.69, 9.17) is 10.5 Å². The summed E-state index contributed by atoms with van der Waals surface area (Å²) in [6, 6.07) is 9.28. The van der Waals surface area contributed by atoms with Crippen molar-refractivity contribution in [2.24, 2.45) is 23.0 Å². The SMILES string of the molecule is COc1ccccc1[C@@H](N)CC(=O)N1CC(C2CCCCC2)C[C@H]1C(=O)N[C@@H](Cc1ccncc1)C(=O)C(C)(C)C. The molecule has 2 fully saturated rings. The average molecular weight is 563 g/mol. The molecule has 0 bridgehead atoms. The number of methoxy groups -OCH3 is 1. The minimum Gasteiger partial charge on any atom is -0.496 e. The lowest BCUT2D eigenvalue weighted by molar-refractivity contribution is -0.140. The van der Waals surface area contributed by atoms with Gasteiger partial charge in [0.1, 0.15) is 11.8 Å². The molecule has 1 aromatic carbocycles. The number of nitrogens with zero attached hydrogens (tertiary/aromatic N) is 2. The number of nitrogens with two attached hydrogens (primary N) is 1. The molecule has 41 heavy (non-hydrogen) atoms. The molecule has 222 valence electrons. The summed E-state index contributed by atoms with van der Waals surface area (Å²) >= 11 is 0. The third kappa shape index (κ3) is 7.73. The van der Waals surface area contributed by atoms with Gasteiger partial charge in [-0.2, -0.15) is 0 Å². The van der Waals surface area contributed by atoms with E-state index in [9.17, 15) is 14.4 Å². The molecule has 1 aliphatic carbocycles. The Morgan fingerprint density at radius 2 is 1.73 bits per heavy atom. The second kappa shape index (κ2) is 13.6. The van der Waals surface area contributed by atoms with E-state index in [1.54, 1.807) is 24.4 Å². The first-order chi connectivity index (χ1) is 19.6. The monoisotopic (exact) mass is 562 g/mol. The van der Waals surface area contributed by atoms with Crippen molar-refractivity contribution in [2.75, 3.05) is 13.7 Å². The number of ketones is 1. The predicted molar refractivity (Wildman–Crippen MR) is 159 cm³/mol. The van der Waals surface area contributed by atoms with Gasteiger partial charge in [-0.3, -0.25) is 19.4 Å². The van der Waals surface area contributed by atoms with Gasteiger partial charge < -0.3 is 20.7 Å². The number of carbonyl (C=O) groups is 3. The molecule has 1 saturated carbocycles. The van der Waals surface area contributed by atoms with Crippen LogP contribution in [0.3, 0.4) is 0 Å². The van der Waals surface area contributed by atoms with Crippen LogP contribution >= 0.6 is 0 Å². The van der Waals surface area contributed by atoms with Crippen LogP contribution in [0.15, 0.2) is 48.8 Å². The summed E-state index contributed by atoms with van der Waals surface area (Å²) in [4.78, 5) is 47.0. The van der Waals surface area contributed by atoms with Crippen molar-refractivity contribution in [3.05, 3.63) is 59.9 Å². The first-order valence-corrected chi connectivity index (χ1v) is 15.0. The van der Waals surface area contributed by atoms with Crippen molar-refractivity contribution in [1.82, 2.24) is 15.2 Å². The third-order valence-corrected chi connectivity index (χ3v) is 8.77. The molecule has 4 atom stereocenters. The van der Waals surface area contributed by atoms with Crippen molar-refractivity contribution >= 4 is 17.6 Å². The van der Waals surface area contributed by atoms with Gasteiger partial charge in [0.05, 0.1) is 13.2 Å². The summed E-state index contributed by atoms with van der Waals surface area (Å²) in [6.07, 6.45) is 10.3. The zero-order valence-electron chi connectivity index (χ0n) is 25.0. The van der Waals surface area contributed by atoms with Crippen molar-refractivity contribution in [3.63, 3.8) is 0 Å². The van der Waals surface area contributed by atoms with Crippen molar-refractivity contribution in [1.29, 1.82) is 0 Å². The van der Waals surface area contributed by atoms with E-state index in [0.29, 0.717) is 31.1 Å². The Morgan fingerprint density at radius 1 is 1.05 bits per heavy atom. The van der Waals surface area contributed by atoms with Crippen LogP contribution in [-0.2, 0) is 20.8 Å². The van der Waals surface area contributed by atoms with E-state index in [1.165, 1.54) is 19.3 Å². The summed E-state index contributed by atoms with van der Waals surface area (Å²) in [6.45, 7) is 6.14. The lowest BCUT2D eigenvalue weighted by Crippen LogP contribution is -2.53. The van der Waals surface area contributed by atoms with Gasteiger partial charge >= 0.3 is 0 Å². The van der Waals surface area contributed by atoms with Gasteiger partial charge in [-0.25, -0.2) is 0 Å². The molecule has 3 N–H and O–H groups in total. The highest BCUT2D eigenvalue weighted by Gasteiger charge is 2.44. The van der Waals surface area contributed by atoms with Gasteiger partial charge in [0.2, 0.25) is 11.8 Å². The Hall–Kier alpha value is -3.26. The van der Waals surface area contributed by atoms with Gasteiger partial charge in [-0.05, 0) is 48.4 Å².